The molecule has 0 saturated carbocycles. The summed E-state index contributed by atoms with van der Waals surface area (Å²) in [5, 5.41) is 26.9. The number of hydrogen-bond donors (Lipinski definition) is 3. The lowest BCUT2D eigenvalue weighted by Crippen LogP contribution is -2.21. The van der Waals surface area contributed by atoms with Crippen LogP contribution < -0.4 is 11.1 Å². The van der Waals surface area contributed by atoms with Gasteiger partial charge in [-0.25, -0.2) is 10.2 Å². The number of amides is 1. The van der Waals surface area contributed by atoms with Gasteiger partial charge in [-0.15, -0.1) is 0 Å². The van der Waals surface area contributed by atoms with Gasteiger partial charge in [-0.05, 0) is 60.4 Å². The van der Waals surface area contributed by atoms with E-state index in [4.69, 9.17) is 4.42 Å². The number of hydrazone groups is 1. The maximum Gasteiger partial charge on any atom is 0.345 e. The van der Waals surface area contributed by atoms with Gasteiger partial charge in [0.25, 0.3) is 5.91 Å². The van der Waals surface area contributed by atoms with E-state index in [0.717, 1.165) is 48.4 Å². The summed E-state index contributed by atoms with van der Waals surface area (Å²) in [5.74, 6) is -0.652. The quantitative estimate of drug-likeness (QED) is 0.133. The van der Waals surface area contributed by atoms with Gasteiger partial charge in [0.2, 0.25) is 0 Å². The van der Waals surface area contributed by atoms with Gasteiger partial charge in [-0.1, -0.05) is 50.5 Å². The first-order valence-corrected chi connectivity index (χ1v) is 11.7. The largest absolute Gasteiger partial charge is 0.508 e. The molecule has 0 fully saturated rings. The monoisotopic (exact) mass is 472 g/mol. The topological polar surface area (TPSA) is 112 Å². The fraction of sp³-hybridized carbons (Fsp3) is 0.250. The number of aryl methyl sites for hydroxylation is 1. The van der Waals surface area contributed by atoms with E-state index in [1.807, 2.05) is 30.3 Å². The highest BCUT2D eigenvalue weighted by Crippen LogP contribution is 2.27. The number of rotatable bonds is 8. The first-order valence-electron chi connectivity index (χ1n) is 11.7. The Morgan fingerprint density at radius 1 is 0.914 bits per heavy atom. The molecular weight excluding hydrogens is 444 g/mol. The van der Waals surface area contributed by atoms with Crippen LogP contribution in [0.5, 0.6) is 11.5 Å². The minimum absolute atomic E-state index is 0.0778. The van der Waals surface area contributed by atoms with Gasteiger partial charge >= 0.3 is 5.63 Å². The van der Waals surface area contributed by atoms with Crippen molar-refractivity contribution in [2.45, 2.75) is 46.0 Å². The van der Waals surface area contributed by atoms with Gasteiger partial charge in [0.05, 0.1) is 16.8 Å². The Balaban J connectivity index is 1.58. The third kappa shape index (κ3) is 5.35. The lowest BCUT2D eigenvalue weighted by molar-refractivity contribution is 0.0952. The van der Waals surface area contributed by atoms with Crippen LogP contribution in [0.4, 0.5) is 0 Å². The molecule has 0 spiro atoms. The number of nitrogens with zero attached hydrogens (tertiary/aromatic N) is 1. The predicted molar refractivity (Wildman–Crippen MR) is 137 cm³/mol. The van der Waals surface area contributed by atoms with E-state index in [2.05, 4.69) is 17.5 Å². The van der Waals surface area contributed by atoms with Crippen molar-refractivity contribution in [2.75, 3.05) is 0 Å². The van der Waals surface area contributed by atoms with Crippen LogP contribution in [0, 0.1) is 0 Å². The number of carbonyl (C=O) groups is 1. The van der Waals surface area contributed by atoms with Crippen molar-refractivity contribution in [1.82, 2.24) is 5.43 Å². The second-order valence-corrected chi connectivity index (χ2v) is 8.63. The van der Waals surface area contributed by atoms with Crippen LogP contribution in [-0.4, -0.2) is 21.8 Å². The van der Waals surface area contributed by atoms with E-state index < -0.39 is 11.5 Å². The third-order valence-electron chi connectivity index (χ3n) is 6.06. The van der Waals surface area contributed by atoms with E-state index in [-0.39, 0.29) is 33.9 Å². The van der Waals surface area contributed by atoms with Gasteiger partial charge in [0.15, 0.2) is 0 Å². The van der Waals surface area contributed by atoms with Crippen molar-refractivity contribution in [3.8, 4) is 11.5 Å². The zero-order chi connectivity index (χ0) is 24.9. The summed E-state index contributed by atoms with van der Waals surface area (Å²) in [6.07, 6.45) is 5.06. The molecule has 180 valence electrons. The number of phenols is 2. The van der Waals surface area contributed by atoms with E-state index in [1.54, 1.807) is 19.1 Å². The molecule has 0 aliphatic carbocycles. The zero-order valence-electron chi connectivity index (χ0n) is 19.8. The van der Waals surface area contributed by atoms with Crippen LogP contribution >= 0.6 is 0 Å². The fourth-order valence-corrected chi connectivity index (χ4v) is 4.06. The van der Waals surface area contributed by atoms with Crippen LogP contribution in [0.15, 0.2) is 68.9 Å². The Morgan fingerprint density at radius 3 is 2.37 bits per heavy atom. The van der Waals surface area contributed by atoms with Crippen LogP contribution in [0.25, 0.3) is 21.7 Å². The summed E-state index contributed by atoms with van der Waals surface area (Å²) in [7, 11) is 0. The van der Waals surface area contributed by atoms with Crippen molar-refractivity contribution in [2.24, 2.45) is 5.10 Å². The van der Waals surface area contributed by atoms with Gasteiger partial charge in [-0.3, -0.25) is 4.79 Å². The second-order valence-electron chi connectivity index (χ2n) is 8.63. The molecule has 0 aliphatic heterocycles. The highest BCUT2D eigenvalue weighted by atomic mass is 16.4. The predicted octanol–water partition coefficient (Wildman–Crippen LogP) is 5.63. The summed E-state index contributed by atoms with van der Waals surface area (Å²) < 4.78 is 5.40. The standard InChI is InChI=1S/C28H28N2O5/c1-3-4-5-6-11-20-12-21-14-22(28(34)35-26(21)16-24(20)31)17(2)29-30-27(33)23-13-18-9-7-8-10-19(18)15-25(23)32/h7-10,12-16,31-32H,3-6,11H2,1-2H3,(H,30,33). The third-order valence-corrected chi connectivity index (χ3v) is 6.06. The van der Waals surface area contributed by atoms with Crippen LogP contribution in [0.2, 0.25) is 0 Å². The summed E-state index contributed by atoms with van der Waals surface area (Å²) >= 11 is 0. The molecule has 1 heterocycles. The highest BCUT2D eigenvalue weighted by molar-refractivity contribution is 6.04. The van der Waals surface area contributed by atoms with E-state index in [0.29, 0.717) is 5.39 Å². The lowest BCUT2D eigenvalue weighted by Gasteiger charge is -2.08. The van der Waals surface area contributed by atoms with Gasteiger partial charge in [0, 0.05) is 11.5 Å². The van der Waals surface area contributed by atoms with Crippen molar-refractivity contribution in [1.29, 1.82) is 0 Å². The number of nitrogens with one attached hydrogen (secondary N) is 1. The fourth-order valence-electron chi connectivity index (χ4n) is 4.06. The number of aromatic hydroxyl groups is 2. The molecule has 0 atom stereocenters. The van der Waals surface area contributed by atoms with Crippen LogP contribution in [0.1, 0.15) is 61.0 Å². The normalized spacial score (nSPS) is 11.8. The zero-order valence-corrected chi connectivity index (χ0v) is 19.8. The molecule has 3 N–H and O–H groups in total. The Bertz CT molecular complexity index is 1490. The number of phenolic OH excluding ortho intramolecular Hbond substituents is 2. The van der Waals surface area contributed by atoms with E-state index in [9.17, 15) is 19.8 Å². The van der Waals surface area contributed by atoms with Gasteiger partial charge in [0.1, 0.15) is 17.1 Å². The molecular formula is C28H28N2O5. The van der Waals surface area contributed by atoms with E-state index >= 15 is 0 Å². The molecule has 4 rings (SSSR count). The van der Waals surface area contributed by atoms with Crippen LogP contribution in [0.3, 0.4) is 0 Å². The summed E-state index contributed by atoms with van der Waals surface area (Å²) in [4.78, 5) is 25.2. The Kier molecular flexibility index (Phi) is 7.15. The molecule has 0 saturated heterocycles. The highest BCUT2D eigenvalue weighted by Gasteiger charge is 2.15. The molecule has 1 aromatic heterocycles. The minimum atomic E-state index is -0.628. The number of hydrogen-bond acceptors (Lipinski definition) is 6. The Hall–Kier alpha value is -4.13. The second kappa shape index (κ2) is 10.4. The molecule has 0 bridgehead atoms. The average molecular weight is 473 g/mol. The maximum atomic E-state index is 12.7. The van der Waals surface area contributed by atoms with Gasteiger partial charge < -0.3 is 14.6 Å². The number of benzene rings is 3. The van der Waals surface area contributed by atoms with Crippen molar-refractivity contribution in [3.63, 3.8) is 0 Å². The molecule has 0 radical (unpaired) electrons. The number of unbranched alkanes of at least 4 members (excludes halogenated alkanes) is 3. The maximum absolute atomic E-state index is 12.7. The molecule has 0 aliphatic rings. The molecule has 7 nitrogen and oxygen atoms in total. The number of carbonyl (C=O) groups excluding carboxylic acids is 1. The molecule has 3 aromatic carbocycles. The van der Waals surface area contributed by atoms with Gasteiger partial charge in [-0.2, -0.15) is 5.10 Å². The smallest absolute Gasteiger partial charge is 0.345 e. The molecule has 0 unspecified atom stereocenters. The summed E-state index contributed by atoms with van der Waals surface area (Å²) in [6.45, 7) is 3.73. The summed E-state index contributed by atoms with van der Waals surface area (Å²) in [5.41, 5.74) is 3.39. The van der Waals surface area contributed by atoms with Crippen LogP contribution in [-0.2, 0) is 6.42 Å². The van der Waals surface area contributed by atoms with Crippen molar-refractivity contribution >= 4 is 33.4 Å². The molecule has 1 amide bonds. The van der Waals surface area contributed by atoms with E-state index in [1.165, 1.54) is 12.1 Å². The molecule has 35 heavy (non-hydrogen) atoms. The average Bonchev–Trinajstić information content (AvgIpc) is 2.84. The summed E-state index contributed by atoms with van der Waals surface area (Å²) in [6, 6.07) is 15.4. The molecule has 7 heteroatoms. The SMILES string of the molecule is CCCCCCc1cc2cc(C(C)=NNC(=O)c3cc4ccccc4cc3O)c(=O)oc2cc1O. The van der Waals surface area contributed by atoms with Crippen molar-refractivity contribution < 1.29 is 19.4 Å². The first kappa shape index (κ1) is 24.0. The Morgan fingerprint density at radius 2 is 1.63 bits per heavy atom. The number of fused-ring (bicyclic) bond motifs is 2. The first-order chi connectivity index (χ1) is 16.9. The molecule has 4 aromatic rings. The van der Waals surface area contributed by atoms with Crippen molar-refractivity contribution in [3.05, 3.63) is 81.7 Å². The Labute approximate surface area is 202 Å². The lowest BCUT2D eigenvalue weighted by atomic mass is 10.0. The minimum Gasteiger partial charge on any atom is -0.508 e.